The topological polar surface area (TPSA) is 91.0 Å². The molecule has 1 fully saturated rings. The molecule has 0 aliphatic carbocycles. The van der Waals surface area contributed by atoms with Gasteiger partial charge in [0.05, 0.1) is 18.0 Å². The molecule has 1 atom stereocenters. The van der Waals surface area contributed by atoms with Crippen LogP contribution >= 0.6 is 0 Å². The van der Waals surface area contributed by atoms with E-state index in [0.717, 1.165) is 12.1 Å². The first-order valence-corrected chi connectivity index (χ1v) is 8.82. The predicted octanol–water partition coefficient (Wildman–Crippen LogP) is 2.19. The van der Waals surface area contributed by atoms with E-state index in [1.54, 1.807) is 6.92 Å². The predicted molar refractivity (Wildman–Crippen MR) is 92.6 cm³/mol. The van der Waals surface area contributed by atoms with E-state index in [-0.39, 0.29) is 37.9 Å². The Morgan fingerprint density at radius 3 is 2.86 bits per heavy atom. The fourth-order valence-corrected chi connectivity index (χ4v) is 3.13. The summed E-state index contributed by atoms with van der Waals surface area (Å²) in [5.74, 6) is 0.261. The number of aryl methyl sites for hydroxylation is 1. The molecule has 7 nitrogen and oxygen atoms in total. The third kappa shape index (κ3) is 4.87. The Balaban J connectivity index is 1.61. The lowest BCUT2D eigenvalue weighted by Crippen LogP contribution is -2.45. The first-order chi connectivity index (χ1) is 13.2. The number of hydrogen-bond donors (Lipinski definition) is 2. The number of aromatic nitrogens is 3. The molecule has 1 aromatic carbocycles. The number of likely N-dealkylation sites (tertiary alicyclic amines) is 1. The van der Waals surface area contributed by atoms with Crippen LogP contribution in [-0.2, 0) is 28.9 Å². The van der Waals surface area contributed by atoms with Crippen LogP contribution in [-0.4, -0.2) is 38.4 Å². The van der Waals surface area contributed by atoms with Gasteiger partial charge in [-0.25, -0.2) is 4.98 Å². The highest BCUT2D eigenvalue weighted by Gasteiger charge is 2.32. The largest absolute Gasteiger partial charge is 0.416 e. The zero-order chi connectivity index (χ0) is 20.3. The summed E-state index contributed by atoms with van der Waals surface area (Å²) in [5, 5.41) is 9.36. The summed E-state index contributed by atoms with van der Waals surface area (Å²) in [5.41, 5.74) is -0.383. The lowest BCUT2D eigenvalue weighted by atomic mass is 9.96. The number of nitrogens with zero attached hydrogens (tertiary/aromatic N) is 3. The second kappa shape index (κ2) is 7.99. The Morgan fingerprint density at radius 2 is 2.18 bits per heavy atom. The van der Waals surface area contributed by atoms with E-state index < -0.39 is 17.7 Å². The molecular weight excluding hydrogens is 375 g/mol. The van der Waals surface area contributed by atoms with Gasteiger partial charge in [-0.2, -0.15) is 18.3 Å². The summed E-state index contributed by atoms with van der Waals surface area (Å²) in [7, 11) is 0. The number of aromatic amines is 1. The molecule has 0 saturated carbocycles. The number of hydrogen-bond acceptors (Lipinski definition) is 4. The Bertz CT molecular complexity index is 865. The minimum atomic E-state index is -4.44. The molecular formula is C18H20F3N5O2. The van der Waals surface area contributed by atoms with Crippen molar-refractivity contribution in [1.29, 1.82) is 0 Å². The van der Waals surface area contributed by atoms with Gasteiger partial charge in [0.25, 0.3) is 0 Å². The minimum absolute atomic E-state index is 0.0344. The van der Waals surface area contributed by atoms with Crippen LogP contribution in [0.3, 0.4) is 0 Å². The Morgan fingerprint density at radius 1 is 1.39 bits per heavy atom. The first-order valence-electron chi connectivity index (χ1n) is 8.82. The van der Waals surface area contributed by atoms with Gasteiger partial charge in [0.15, 0.2) is 5.82 Å². The van der Waals surface area contributed by atoms with Crippen LogP contribution in [0.2, 0.25) is 0 Å². The summed E-state index contributed by atoms with van der Waals surface area (Å²) < 4.78 is 38.6. The molecule has 2 aromatic rings. The van der Waals surface area contributed by atoms with Crippen LogP contribution in [0, 0.1) is 12.8 Å². The second-order valence-corrected chi connectivity index (χ2v) is 6.76. The molecule has 0 spiro atoms. The number of alkyl halides is 3. The molecule has 1 aromatic heterocycles. The highest BCUT2D eigenvalue weighted by Crippen LogP contribution is 2.30. The quantitative estimate of drug-likeness (QED) is 0.812. The van der Waals surface area contributed by atoms with E-state index >= 15 is 0 Å². The summed E-state index contributed by atoms with van der Waals surface area (Å²) >= 11 is 0. The van der Waals surface area contributed by atoms with Gasteiger partial charge in [-0.1, -0.05) is 12.1 Å². The monoisotopic (exact) mass is 395 g/mol. The molecule has 28 heavy (non-hydrogen) atoms. The SMILES string of the molecule is Cc1nc(CNC(=O)C2CCC(=O)N(Cc3cccc(C(F)(F)F)c3)C2)n[nH]1. The number of nitrogens with one attached hydrogen (secondary N) is 2. The van der Waals surface area contributed by atoms with Crippen molar-refractivity contribution in [3.05, 3.63) is 47.0 Å². The molecule has 2 N–H and O–H groups in total. The summed E-state index contributed by atoms with van der Waals surface area (Å²) in [6.45, 7) is 2.11. The van der Waals surface area contributed by atoms with Crippen LogP contribution < -0.4 is 5.32 Å². The minimum Gasteiger partial charge on any atom is -0.348 e. The lowest BCUT2D eigenvalue weighted by molar-refractivity contribution is -0.139. The second-order valence-electron chi connectivity index (χ2n) is 6.76. The Hall–Kier alpha value is -2.91. The highest BCUT2D eigenvalue weighted by atomic mass is 19.4. The van der Waals surface area contributed by atoms with Gasteiger partial charge in [0.2, 0.25) is 11.8 Å². The van der Waals surface area contributed by atoms with Crippen molar-refractivity contribution in [2.24, 2.45) is 5.92 Å². The Labute approximate surface area is 159 Å². The molecule has 0 radical (unpaired) electrons. The van der Waals surface area contributed by atoms with Crippen molar-refractivity contribution in [3.8, 4) is 0 Å². The number of benzene rings is 1. The van der Waals surface area contributed by atoms with E-state index in [0.29, 0.717) is 23.6 Å². The lowest BCUT2D eigenvalue weighted by Gasteiger charge is -2.32. The van der Waals surface area contributed by atoms with E-state index in [4.69, 9.17) is 0 Å². The fraction of sp³-hybridized carbons (Fsp3) is 0.444. The van der Waals surface area contributed by atoms with Crippen molar-refractivity contribution in [2.75, 3.05) is 6.54 Å². The Kier molecular flexibility index (Phi) is 5.66. The maximum Gasteiger partial charge on any atom is 0.416 e. The molecule has 1 saturated heterocycles. The number of piperidine rings is 1. The fourth-order valence-electron chi connectivity index (χ4n) is 3.13. The summed E-state index contributed by atoms with van der Waals surface area (Å²) in [4.78, 5) is 30.1. The maximum atomic E-state index is 12.9. The van der Waals surface area contributed by atoms with Crippen molar-refractivity contribution in [2.45, 2.75) is 39.0 Å². The van der Waals surface area contributed by atoms with Crippen LogP contribution in [0.4, 0.5) is 13.2 Å². The van der Waals surface area contributed by atoms with Crippen molar-refractivity contribution in [3.63, 3.8) is 0 Å². The van der Waals surface area contributed by atoms with Crippen LogP contribution in [0.25, 0.3) is 0 Å². The average Bonchev–Trinajstić information content (AvgIpc) is 3.06. The van der Waals surface area contributed by atoms with Gasteiger partial charge < -0.3 is 10.2 Å². The van der Waals surface area contributed by atoms with Crippen LogP contribution in [0.1, 0.15) is 35.6 Å². The number of amides is 2. The molecule has 1 aliphatic heterocycles. The number of carbonyl (C=O) groups excluding carboxylic acids is 2. The van der Waals surface area contributed by atoms with Gasteiger partial charge in [-0.3, -0.25) is 14.7 Å². The normalized spacial score (nSPS) is 17.6. The van der Waals surface area contributed by atoms with E-state index in [2.05, 4.69) is 20.5 Å². The van der Waals surface area contributed by atoms with Gasteiger partial charge in [0.1, 0.15) is 5.82 Å². The van der Waals surface area contributed by atoms with E-state index in [9.17, 15) is 22.8 Å². The standard InChI is InChI=1S/C18H20F3N5O2/c1-11-23-15(25-24-11)8-22-17(28)13-5-6-16(27)26(10-13)9-12-3-2-4-14(7-12)18(19,20)21/h2-4,7,13H,5-6,8-10H2,1H3,(H,22,28)(H,23,24,25). The van der Waals surface area contributed by atoms with Gasteiger partial charge >= 0.3 is 6.18 Å². The van der Waals surface area contributed by atoms with Gasteiger partial charge in [-0.15, -0.1) is 0 Å². The molecule has 1 aliphatic rings. The van der Waals surface area contributed by atoms with Gasteiger partial charge in [-0.05, 0) is 31.0 Å². The maximum absolute atomic E-state index is 12.9. The van der Waals surface area contributed by atoms with Crippen LogP contribution in [0.15, 0.2) is 24.3 Å². The number of H-pyrrole nitrogens is 1. The third-order valence-electron chi connectivity index (χ3n) is 4.56. The molecule has 0 bridgehead atoms. The first kappa shape index (κ1) is 19.8. The smallest absolute Gasteiger partial charge is 0.348 e. The molecule has 1 unspecified atom stereocenters. The highest BCUT2D eigenvalue weighted by molar-refractivity contribution is 5.83. The van der Waals surface area contributed by atoms with Crippen LogP contribution in [0.5, 0.6) is 0 Å². The number of halogens is 3. The van der Waals surface area contributed by atoms with E-state index in [1.165, 1.54) is 17.0 Å². The molecule has 2 heterocycles. The number of rotatable bonds is 5. The molecule has 150 valence electrons. The van der Waals surface area contributed by atoms with Crippen molar-refractivity contribution in [1.82, 2.24) is 25.4 Å². The van der Waals surface area contributed by atoms with Gasteiger partial charge in [0, 0.05) is 19.5 Å². The molecule has 2 amide bonds. The average molecular weight is 395 g/mol. The van der Waals surface area contributed by atoms with E-state index in [1.807, 2.05) is 0 Å². The third-order valence-corrected chi connectivity index (χ3v) is 4.56. The van der Waals surface area contributed by atoms with Crippen molar-refractivity contribution >= 4 is 11.8 Å². The van der Waals surface area contributed by atoms with Crippen molar-refractivity contribution < 1.29 is 22.8 Å². The molecule has 10 heteroatoms. The molecule has 3 rings (SSSR count). The zero-order valence-electron chi connectivity index (χ0n) is 15.2. The zero-order valence-corrected chi connectivity index (χ0v) is 15.2. The number of carbonyl (C=O) groups is 2. The summed E-state index contributed by atoms with van der Waals surface area (Å²) in [6.07, 6.45) is -3.86. The summed E-state index contributed by atoms with van der Waals surface area (Å²) in [6, 6.07) is 4.87.